The third kappa shape index (κ3) is 5.57. The third-order valence-corrected chi connectivity index (χ3v) is 1.37. The van der Waals surface area contributed by atoms with Crippen LogP contribution in [0.4, 0.5) is 0 Å². The van der Waals surface area contributed by atoms with Gasteiger partial charge in [0, 0.05) is 0 Å². The zero-order valence-corrected chi connectivity index (χ0v) is 6.52. The number of allylic oxidation sites excluding steroid dienone is 1. The van der Waals surface area contributed by atoms with Crippen LogP contribution in [0.3, 0.4) is 0 Å². The van der Waals surface area contributed by atoms with E-state index in [0.717, 1.165) is 12.8 Å². The summed E-state index contributed by atoms with van der Waals surface area (Å²) in [5, 5.41) is 8.85. The van der Waals surface area contributed by atoms with Crippen LogP contribution in [0.15, 0.2) is 11.6 Å². The molecular weight excluding hydrogens is 112 g/mol. The maximum Gasteiger partial charge on any atom is 0.0546 e. The Morgan fingerprint density at radius 2 is 2.22 bits per heavy atom. The maximum absolute atomic E-state index is 8.85. The van der Waals surface area contributed by atoms with E-state index in [1.165, 1.54) is 5.57 Å². The van der Waals surface area contributed by atoms with E-state index >= 15 is 0 Å². The highest BCUT2D eigenvalue weighted by atomic mass is 16.3. The second kappa shape index (κ2) is 4.57. The van der Waals surface area contributed by atoms with Crippen LogP contribution in [0.5, 0.6) is 0 Å². The third-order valence-electron chi connectivity index (χ3n) is 1.37. The highest BCUT2D eigenvalue weighted by Gasteiger charge is 1.90. The Hall–Kier alpha value is -0.300. The first-order valence-corrected chi connectivity index (χ1v) is 3.50. The summed E-state index contributed by atoms with van der Waals surface area (Å²) in [5.74, 6) is 0. The van der Waals surface area contributed by atoms with Gasteiger partial charge in [0.1, 0.15) is 0 Å². The zero-order valence-electron chi connectivity index (χ0n) is 6.52. The number of hydrogen-bond donors (Lipinski definition) is 1. The molecule has 1 nitrogen and oxygen atoms in total. The molecule has 0 aliphatic carbocycles. The summed E-state index contributed by atoms with van der Waals surface area (Å²) in [4.78, 5) is 0. The van der Waals surface area contributed by atoms with Crippen molar-refractivity contribution in [2.24, 2.45) is 0 Å². The monoisotopic (exact) mass is 128 g/mol. The molecule has 0 heterocycles. The molecule has 0 amide bonds. The van der Waals surface area contributed by atoms with Gasteiger partial charge in [-0.15, -0.1) is 0 Å². The fourth-order valence-corrected chi connectivity index (χ4v) is 0.516. The summed E-state index contributed by atoms with van der Waals surface area (Å²) in [6.07, 6.45) is 3.78. The molecule has 0 bridgehead atoms. The second-order valence-corrected chi connectivity index (χ2v) is 2.49. The van der Waals surface area contributed by atoms with Crippen LogP contribution in [-0.2, 0) is 0 Å². The van der Waals surface area contributed by atoms with Crippen LogP contribution in [-0.4, -0.2) is 11.2 Å². The molecule has 1 N–H and O–H groups in total. The SMILES string of the molecule is CC/C(C)=C/CC(C)O. The van der Waals surface area contributed by atoms with Gasteiger partial charge in [-0.05, 0) is 26.7 Å². The van der Waals surface area contributed by atoms with Crippen molar-refractivity contribution in [3.8, 4) is 0 Å². The molecule has 9 heavy (non-hydrogen) atoms. The molecule has 0 fully saturated rings. The van der Waals surface area contributed by atoms with E-state index in [2.05, 4.69) is 19.9 Å². The highest BCUT2D eigenvalue weighted by molar-refractivity contribution is 4.96. The van der Waals surface area contributed by atoms with E-state index in [1.54, 1.807) is 6.92 Å². The predicted molar refractivity (Wildman–Crippen MR) is 40.3 cm³/mol. The number of hydrogen-bond acceptors (Lipinski definition) is 1. The van der Waals surface area contributed by atoms with Crippen molar-refractivity contribution in [3.05, 3.63) is 11.6 Å². The molecule has 1 heteroatoms. The lowest BCUT2D eigenvalue weighted by Crippen LogP contribution is -1.95. The number of aliphatic hydroxyl groups is 1. The fourth-order valence-electron chi connectivity index (χ4n) is 0.516. The molecule has 0 rings (SSSR count). The van der Waals surface area contributed by atoms with Gasteiger partial charge in [0.25, 0.3) is 0 Å². The van der Waals surface area contributed by atoms with Crippen molar-refractivity contribution >= 4 is 0 Å². The zero-order chi connectivity index (χ0) is 7.28. The molecule has 0 aliphatic rings. The van der Waals surface area contributed by atoms with Crippen LogP contribution in [0.1, 0.15) is 33.6 Å². The van der Waals surface area contributed by atoms with Crippen LogP contribution in [0, 0.1) is 0 Å². The van der Waals surface area contributed by atoms with E-state index in [4.69, 9.17) is 5.11 Å². The molecule has 0 saturated heterocycles. The van der Waals surface area contributed by atoms with Gasteiger partial charge < -0.3 is 5.11 Å². The highest BCUT2D eigenvalue weighted by Crippen LogP contribution is 2.01. The molecule has 0 aliphatic heterocycles. The molecule has 54 valence electrons. The lowest BCUT2D eigenvalue weighted by Gasteiger charge is -1.98. The Morgan fingerprint density at radius 3 is 2.56 bits per heavy atom. The van der Waals surface area contributed by atoms with Crippen molar-refractivity contribution in [1.29, 1.82) is 0 Å². The van der Waals surface area contributed by atoms with E-state index in [1.807, 2.05) is 0 Å². The largest absolute Gasteiger partial charge is 0.393 e. The fraction of sp³-hybridized carbons (Fsp3) is 0.750. The topological polar surface area (TPSA) is 20.2 Å². The van der Waals surface area contributed by atoms with Gasteiger partial charge in [-0.3, -0.25) is 0 Å². The number of rotatable bonds is 3. The Labute approximate surface area is 57.4 Å². The summed E-state index contributed by atoms with van der Waals surface area (Å²) in [6, 6.07) is 0. The normalized spacial score (nSPS) is 15.8. The first-order chi connectivity index (χ1) is 4.16. The lowest BCUT2D eigenvalue weighted by molar-refractivity contribution is 0.198. The van der Waals surface area contributed by atoms with Crippen molar-refractivity contribution in [1.82, 2.24) is 0 Å². The molecule has 0 aromatic rings. The summed E-state index contributed by atoms with van der Waals surface area (Å²) in [7, 11) is 0. The smallest absolute Gasteiger partial charge is 0.0546 e. The first-order valence-electron chi connectivity index (χ1n) is 3.50. The first kappa shape index (κ1) is 8.70. The van der Waals surface area contributed by atoms with E-state index in [-0.39, 0.29) is 6.10 Å². The Morgan fingerprint density at radius 1 is 1.67 bits per heavy atom. The molecule has 1 atom stereocenters. The molecule has 1 unspecified atom stereocenters. The Kier molecular flexibility index (Phi) is 4.41. The standard InChI is InChI=1S/C8H16O/c1-4-7(2)5-6-8(3)9/h5,8-9H,4,6H2,1-3H3/b7-5+. The lowest BCUT2D eigenvalue weighted by atomic mass is 10.1. The minimum atomic E-state index is -0.188. The van der Waals surface area contributed by atoms with Gasteiger partial charge in [-0.1, -0.05) is 18.6 Å². The van der Waals surface area contributed by atoms with Gasteiger partial charge >= 0.3 is 0 Å². The minimum Gasteiger partial charge on any atom is -0.393 e. The minimum absolute atomic E-state index is 0.188. The van der Waals surface area contributed by atoms with E-state index in [0.29, 0.717) is 0 Å². The summed E-state index contributed by atoms with van der Waals surface area (Å²) in [6.45, 7) is 6.01. The van der Waals surface area contributed by atoms with Crippen LogP contribution in [0.25, 0.3) is 0 Å². The Bertz CT molecular complexity index is 92.7. The van der Waals surface area contributed by atoms with Gasteiger partial charge in [-0.25, -0.2) is 0 Å². The summed E-state index contributed by atoms with van der Waals surface area (Å²) < 4.78 is 0. The second-order valence-electron chi connectivity index (χ2n) is 2.49. The van der Waals surface area contributed by atoms with Gasteiger partial charge in [0.2, 0.25) is 0 Å². The molecular formula is C8H16O. The van der Waals surface area contributed by atoms with Crippen molar-refractivity contribution < 1.29 is 5.11 Å². The van der Waals surface area contributed by atoms with Crippen molar-refractivity contribution in [2.75, 3.05) is 0 Å². The van der Waals surface area contributed by atoms with Crippen molar-refractivity contribution in [3.63, 3.8) is 0 Å². The van der Waals surface area contributed by atoms with E-state index < -0.39 is 0 Å². The molecule has 0 spiro atoms. The molecule has 0 radical (unpaired) electrons. The molecule has 0 aromatic carbocycles. The number of aliphatic hydroxyl groups excluding tert-OH is 1. The van der Waals surface area contributed by atoms with Crippen molar-refractivity contribution in [2.45, 2.75) is 39.7 Å². The van der Waals surface area contributed by atoms with E-state index in [9.17, 15) is 0 Å². The predicted octanol–water partition coefficient (Wildman–Crippen LogP) is 2.11. The summed E-state index contributed by atoms with van der Waals surface area (Å²) >= 11 is 0. The molecule has 0 aromatic heterocycles. The Balaban J connectivity index is 3.43. The maximum atomic E-state index is 8.85. The van der Waals surface area contributed by atoms with Crippen LogP contribution in [0.2, 0.25) is 0 Å². The average molecular weight is 128 g/mol. The van der Waals surface area contributed by atoms with Crippen LogP contribution < -0.4 is 0 Å². The summed E-state index contributed by atoms with van der Waals surface area (Å²) in [5.41, 5.74) is 1.36. The quantitative estimate of drug-likeness (QED) is 0.577. The van der Waals surface area contributed by atoms with Crippen LogP contribution >= 0.6 is 0 Å². The average Bonchev–Trinajstić information content (AvgIpc) is 1.83. The molecule has 0 saturated carbocycles. The van der Waals surface area contributed by atoms with Gasteiger partial charge in [-0.2, -0.15) is 0 Å². The van der Waals surface area contributed by atoms with Gasteiger partial charge in [0.15, 0.2) is 0 Å². The van der Waals surface area contributed by atoms with Gasteiger partial charge in [0.05, 0.1) is 6.10 Å².